The number of aliphatic carboxylic acids is 1. The third kappa shape index (κ3) is 3.69. The molecular formula is C10H18N2O4. The summed E-state index contributed by atoms with van der Waals surface area (Å²) in [6, 6.07) is -1.64. The molecule has 16 heavy (non-hydrogen) atoms. The van der Waals surface area contributed by atoms with Crippen LogP contribution in [0.25, 0.3) is 0 Å². The van der Waals surface area contributed by atoms with Crippen LogP contribution in [0.5, 0.6) is 0 Å². The third-order valence-corrected chi connectivity index (χ3v) is 2.62. The molecule has 1 saturated carbocycles. The molecule has 0 bridgehead atoms. The lowest BCUT2D eigenvalue weighted by molar-refractivity contribution is -0.140. The van der Waals surface area contributed by atoms with Crippen molar-refractivity contribution in [3.63, 3.8) is 0 Å². The second-order valence-electron chi connectivity index (χ2n) is 4.00. The highest BCUT2D eigenvalue weighted by atomic mass is 16.4. The SMILES string of the molecule is CCN(CC1CC1)C(=O)NC(CO)C(=O)O. The first kappa shape index (κ1) is 12.8. The van der Waals surface area contributed by atoms with Crippen LogP contribution in [-0.4, -0.2) is 52.9 Å². The number of amides is 2. The van der Waals surface area contributed by atoms with Gasteiger partial charge in [-0.3, -0.25) is 0 Å². The average Bonchev–Trinajstić information content (AvgIpc) is 3.05. The second kappa shape index (κ2) is 5.69. The number of hydrogen-bond acceptors (Lipinski definition) is 3. The number of carboxylic acids is 1. The van der Waals surface area contributed by atoms with Crippen molar-refractivity contribution in [2.45, 2.75) is 25.8 Å². The van der Waals surface area contributed by atoms with Gasteiger partial charge in [-0.2, -0.15) is 0 Å². The van der Waals surface area contributed by atoms with Gasteiger partial charge in [0.05, 0.1) is 6.61 Å². The largest absolute Gasteiger partial charge is 0.480 e. The third-order valence-electron chi connectivity index (χ3n) is 2.62. The van der Waals surface area contributed by atoms with E-state index in [-0.39, 0.29) is 0 Å². The lowest BCUT2D eigenvalue weighted by Crippen LogP contribution is -2.50. The fourth-order valence-electron chi connectivity index (χ4n) is 1.39. The smallest absolute Gasteiger partial charge is 0.328 e. The van der Waals surface area contributed by atoms with Gasteiger partial charge in [0.15, 0.2) is 6.04 Å². The van der Waals surface area contributed by atoms with Crippen LogP contribution in [-0.2, 0) is 4.79 Å². The molecule has 3 N–H and O–H groups in total. The zero-order chi connectivity index (χ0) is 12.1. The van der Waals surface area contributed by atoms with Gasteiger partial charge < -0.3 is 20.4 Å². The molecule has 1 atom stereocenters. The molecule has 0 aliphatic heterocycles. The van der Waals surface area contributed by atoms with E-state index in [1.165, 1.54) is 0 Å². The predicted octanol–water partition coefficient (Wildman–Crippen LogP) is -0.127. The summed E-state index contributed by atoms with van der Waals surface area (Å²) in [5.41, 5.74) is 0. The van der Waals surface area contributed by atoms with Crippen molar-refractivity contribution in [3.05, 3.63) is 0 Å². The summed E-state index contributed by atoms with van der Waals surface area (Å²) in [6.45, 7) is 2.46. The lowest BCUT2D eigenvalue weighted by Gasteiger charge is -2.23. The summed E-state index contributed by atoms with van der Waals surface area (Å²) < 4.78 is 0. The van der Waals surface area contributed by atoms with E-state index in [1.54, 1.807) is 4.90 Å². The Morgan fingerprint density at radius 3 is 2.50 bits per heavy atom. The Morgan fingerprint density at radius 1 is 1.50 bits per heavy atom. The van der Waals surface area contributed by atoms with E-state index >= 15 is 0 Å². The van der Waals surface area contributed by atoms with Crippen LogP contribution >= 0.6 is 0 Å². The highest BCUT2D eigenvalue weighted by Crippen LogP contribution is 2.29. The van der Waals surface area contributed by atoms with E-state index in [9.17, 15) is 9.59 Å². The van der Waals surface area contributed by atoms with Gasteiger partial charge in [0, 0.05) is 13.1 Å². The minimum atomic E-state index is -1.22. The number of carbonyl (C=O) groups excluding carboxylic acids is 1. The predicted molar refractivity (Wildman–Crippen MR) is 57.0 cm³/mol. The molecule has 0 saturated heterocycles. The first-order chi connectivity index (χ1) is 7.58. The Labute approximate surface area is 94.2 Å². The number of carboxylic acid groups (broad SMARTS) is 1. The molecule has 1 fully saturated rings. The molecule has 0 aromatic heterocycles. The fourth-order valence-corrected chi connectivity index (χ4v) is 1.39. The van der Waals surface area contributed by atoms with E-state index in [4.69, 9.17) is 10.2 Å². The monoisotopic (exact) mass is 230 g/mol. The fraction of sp³-hybridized carbons (Fsp3) is 0.800. The molecule has 2 amide bonds. The van der Waals surface area contributed by atoms with Crippen LogP contribution in [0, 0.1) is 5.92 Å². The van der Waals surface area contributed by atoms with Gasteiger partial charge in [-0.25, -0.2) is 9.59 Å². The van der Waals surface area contributed by atoms with E-state index in [1.807, 2.05) is 6.92 Å². The molecule has 6 nitrogen and oxygen atoms in total. The number of nitrogens with one attached hydrogen (secondary N) is 1. The maximum absolute atomic E-state index is 11.7. The van der Waals surface area contributed by atoms with Crippen LogP contribution in [0.4, 0.5) is 4.79 Å². The van der Waals surface area contributed by atoms with Crippen molar-refractivity contribution in [1.82, 2.24) is 10.2 Å². The van der Waals surface area contributed by atoms with Gasteiger partial charge in [0.2, 0.25) is 0 Å². The highest BCUT2D eigenvalue weighted by Gasteiger charge is 2.27. The molecule has 6 heteroatoms. The molecule has 0 aromatic carbocycles. The van der Waals surface area contributed by atoms with Crippen LogP contribution in [0.15, 0.2) is 0 Å². The lowest BCUT2D eigenvalue weighted by atomic mass is 10.3. The number of carbonyl (C=O) groups is 2. The van der Waals surface area contributed by atoms with Crippen LogP contribution in [0.1, 0.15) is 19.8 Å². The zero-order valence-corrected chi connectivity index (χ0v) is 9.35. The minimum Gasteiger partial charge on any atom is -0.480 e. The van der Waals surface area contributed by atoms with Crippen molar-refractivity contribution in [3.8, 4) is 0 Å². The first-order valence-corrected chi connectivity index (χ1v) is 5.47. The van der Waals surface area contributed by atoms with Crippen molar-refractivity contribution in [1.29, 1.82) is 0 Å². The van der Waals surface area contributed by atoms with Gasteiger partial charge >= 0.3 is 12.0 Å². The quantitative estimate of drug-likeness (QED) is 0.593. The summed E-state index contributed by atoms with van der Waals surface area (Å²) in [6.07, 6.45) is 2.26. The highest BCUT2D eigenvalue weighted by molar-refractivity contribution is 5.82. The summed E-state index contributed by atoms with van der Waals surface area (Å²) >= 11 is 0. The topological polar surface area (TPSA) is 89.9 Å². The van der Waals surface area contributed by atoms with Crippen LogP contribution in [0.3, 0.4) is 0 Å². The zero-order valence-electron chi connectivity index (χ0n) is 9.35. The second-order valence-corrected chi connectivity index (χ2v) is 4.00. The van der Waals surface area contributed by atoms with E-state index in [2.05, 4.69) is 5.32 Å². The molecule has 0 aromatic rings. The molecule has 92 valence electrons. The van der Waals surface area contributed by atoms with Crippen molar-refractivity contribution >= 4 is 12.0 Å². The molecule has 1 unspecified atom stereocenters. The van der Waals surface area contributed by atoms with Crippen LogP contribution < -0.4 is 5.32 Å². The first-order valence-electron chi connectivity index (χ1n) is 5.47. The molecule has 0 heterocycles. The Kier molecular flexibility index (Phi) is 4.54. The van der Waals surface area contributed by atoms with Crippen LogP contribution in [0.2, 0.25) is 0 Å². The number of hydrogen-bond donors (Lipinski definition) is 3. The Balaban J connectivity index is 2.43. The van der Waals surface area contributed by atoms with Gasteiger partial charge in [-0.05, 0) is 25.7 Å². The molecule has 1 aliphatic rings. The summed E-state index contributed by atoms with van der Waals surface area (Å²) in [4.78, 5) is 23.8. The maximum atomic E-state index is 11.7. The van der Waals surface area contributed by atoms with E-state index < -0.39 is 24.6 Å². The molecule has 1 rings (SSSR count). The van der Waals surface area contributed by atoms with Gasteiger partial charge in [0.1, 0.15) is 0 Å². The Bertz CT molecular complexity index is 266. The van der Waals surface area contributed by atoms with Crippen molar-refractivity contribution in [2.24, 2.45) is 5.92 Å². The molecular weight excluding hydrogens is 212 g/mol. The molecule has 0 radical (unpaired) electrons. The van der Waals surface area contributed by atoms with Gasteiger partial charge in [-0.1, -0.05) is 0 Å². The number of urea groups is 1. The van der Waals surface area contributed by atoms with E-state index in [0.29, 0.717) is 19.0 Å². The van der Waals surface area contributed by atoms with E-state index in [0.717, 1.165) is 12.8 Å². The Hall–Kier alpha value is -1.30. The summed E-state index contributed by atoms with van der Waals surface area (Å²) in [7, 11) is 0. The number of nitrogens with zero attached hydrogens (tertiary/aromatic N) is 1. The summed E-state index contributed by atoms with van der Waals surface area (Å²) in [5, 5.41) is 19.7. The van der Waals surface area contributed by atoms with Crippen molar-refractivity contribution < 1.29 is 19.8 Å². The summed E-state index contributed by atoms with van der Waals surface area (Å²) in [5.74, 6) is -0.665. The maximum Gasteiger partial charge on any atom is 0.328 e. The average molecular weight is 230 g/mol. The van der Waals surface area contributed by atoms with Gasteiger partial charge in [-0.15, -0.1) is 0 Å². The molecule has 0 spiro atoms. The Morgan fingerprint density at radius 2 is 2.12 bits per heavy atom. The number of aliphatic hydroxyl groups excluding tert-OH is 1. The normalized spacial score (nSPS) is 16.6. The van der Waals surface area contributed by atoms with Crippen molar-refractivity contribution in [2.75, 3.05) is 19.7 Å². The minimum absolute atomic E-state index is 0.421. The van der Waals surface area contributed by atoms with Gasteiger partial charge in [0.25, 0.3) is 0 Å². The standard InChI is InChI=1S/C10H18N2O4/c1-2-12(5-7-3-4-7)10(16)11-8(6-13)9(14)15/h7-8,13H,2-6H2,1H3,(H,11,16)(H,14,15). The molecule has 1 aliphatic carbocycles. The number of rotatable bonds is 6. The number of aliphatic hydroxyl groups is 1.